The smallest absolute Gasteiger partial charge is 0.346 e. The number of hydrogen-bond acceptors (Lipinski definition) is 5. The first-order valence-corrected chi connectivity index (χ1v) is 16.4. The number of rotatable bonds is 11. The molecule has 0 saturated carbocycles. The Morgan fingerprint density at radius 2 is 0.808 bits per heavy atom. The molecule has 0 aliphatic carbocycles. The maximum Gasteiger partial charge on any atom is 0.346 e. The molecule has 0 amide bonds. The molecular formula is C45H35N3O4. The Balaban J connectivity index is 1.38. The lowest BCUT2D eigenvalue weighted by molar-refractivity contribution is -0.133. The standard InChI is InChI=1S/C45H35N3O4/c1-30-24-31(2)43(32(3)25-30)48(41-20-16-35(17-21-41)6-4-33-8-12-37(13-9-33)26-39(28-46)44(49)50)42-22-18-36(19-23-42)7-5-34-10-14-38(15-11-34)27-40(29-47)45(51)52/h4-27H,1-3H3,(H,49,50)(H,51,52)/b6-4+,7-5+,39-26+,40-27+. The average Bonchev–Trinajstić information content (AvgIpc) is 3.14. The molecule has 254 valence electrons. The fourth-order valence-electron chi connectivity index (χ4n) is 5.81. The van der Waals surface area contributed by atoms with Crippen LogP contribution < -0.4 is 4.90 Å². The van der Waals surface area contributed by atoms with Gasteiger partial charge in [-0.25, -0.2) is 9.59 Å². The van der Waals surface area contributed by atoms with Crippen molar-refractivity contribution in [1.29, 1.82) is 10.5 Å². The molecule has 0 radical (unpaired) electrons. The minimum atomic E-state index is -1.25. The van der Waals surface area contributed by atoms with Crippen molar-refractivity contribution in [2.24, 2.45) is 0 Å². The van der Waals surface area contributed by atoms with Gasteiger partial charge in [0.1, 0.15) is 23.3 Å². The Hall–Kier alpha value is -7.22. The first-order chi connectivity index (χ1) is 25.0. The van der Waals surface area contributed by atoms with Crippen molar-refractivity contribution in [3.8, 4) is 12.1 Å². The number of carbonyl (C=O) groups is 2. The monoisotopic (exact) mass is 681 g/mol. The topological polar surface area (TPSA) is 125 Å². The summed E-state index contributed by atoms with van der Waals surface area (Å²) in [6.45, 7) is 6.36. The van der Waals surface area contributed by atoms with Crippen LogP contribution in [0.3, 0.4) is 0 Å². The second-order valence-electron chi connectivity index (χ2n) is 12.2. The van der Waals surface area contributed by atoms with Gasteiger partial charge in [-0.05, 0) is 102 Å². The van der Waals surface area contributed by atoms with Crippen LogP contribution in [-0.2, 0) is 9.59 Å². The van der Waals surface area contributed by atoms with Gasteiger partial charge in [0, 0.05) is 11.4 Å². The molecule has 0 unspecified atom stereocenters. The maximum absolute atomic E-state index is 11.1. The zero-order valence-corrected chi connectivity index (χ0v) is 28.9. The molecule has 0 saturated heterocycles. The van der Waals surface area contributed by atoms with Gasteiger partial charge in [-0.3, -0.25) is 0 Å². The second-order valence-corrected chi connectivity index (χ2v) is 12.2. The molecule has 0 atom stereocenters. The van der Waals surface area contributed by atoms with Gasteiger partial charge in [-0.15, -0.1) is 0 Å². The Labute approximate surface area is 303 Å². The van der Waals surface area contributed by atoms with Crippen LogP contribution in [0, 0.1) is 43.4 Å². The van der Waals surface area contributed by atoms with Crippen molar-refractivity contribution >= 4 is 65.5 Å². The highest BCUT2D eigenvalue weighted by Crippen LogP contribution is 2.39. The van der Waals surface area contributed by atoms with Crippen LogP contribution >= 0.6 is 0 Å². The van der Waals surface area contributed by atoms with E-state index in [1.807, 2.05) is 48.6 Å². The van der Waals surface area contributed by atoms with E-state index in [0.29, 0.717) is 11.1 Å². The highest BCUT2D eigenvalue weighted by atomic mass is 16.4. The Bertz CT molecular complexity index is 2150. The summed E-state index contributed by atoms with van der Waals surface area (Å²) in [6, 6.07) is 39.1. The van der Waals surface area contributed by atoms with Crippen molar-refractivity contribution in [3.63, 3.8) is 0 Å². The van der Waals surface area contributed by atoms with Crippen LogP contribution in [0.4, 0.5) is 17.1 Å². The largest absolute Gasteiger partial charge is 0.477 e. The summed E-state index contributed by atoms with van der Waals surface area (Å²) in [4.78, 5) is 24.5. The van der Waals surface area contributed by atoms with E-state index in [9.17, 15) is 9.59 Å². The molecule has 5 aromatic rings. The van der Waals surface area contributed by atoms with E-state index in [1.165, 1.54) is 17.7 Å². The number of nitrogens with zero attached hydrogens (tertiary/aromatic N) is 3. The van der Waals surface area contributed by atoms with E-state index in [4.69, 9.17) is 20.7 Å². The summed E-state index contributed by atoms with van der Waals surface area (Å²) in [7, 11) is 0. The zero-order chi connectivity index (χ0) is 37.2. The Morgan fingerprint density at radius 3 is 1.10 bits per heavy atom. The highest BCUT2D eigenvalue weighted by molar-refractivity contribution is 5.97. The molecule has 0 heterocycles. The summed E-state index contributed by atoms with van der Waals surface area (Å²) in [5.41, 5.74) is 11.2. The molecule has 0 aliphatic rings. The van der Waals surface area contributed by atoms with E-state index in [1.54, 1.807) is 36.4 Å². The van der Waals surface area contributed by atoms with E-state index in [-0.39, 0.29) is 11.1 Å². The molecule has 2 N–H and O–H groups in total. The van der Waals surface area contributed by atoms with Gasteiger partial charge in [0.2, 0.25) is 0 Å². The highest BCUT2D eigenvalue weighted by Gasteiger charge is 2.17. The number of nitriles is 2. The van der Waals surface area contributed by atoms with Crippen molar-refractivity contribution in [1.82, 2.24) is 0 Å². The van der Waals surface area contributed by atoms with Gasteiger partial charge in [0.05, 0.1) is 5.69 Å². The van der Waals surface area contributed by atoms with Crippen LogP contribution in [0.2, 0.25) is 0 Å². The lowest BCUT2D eigenvalue weighted by Crippen LogP contribution is -2.13. The van der Waals surface area contributed by atoms with Crippen molar-refractivity contribution < 1.29 is 19.8 Å². The molecule has 0 bridgehead atoms. The molecule has 7 nitrogen and oxygen atoms in total. The van der Waals surface area contributed by atoms with Crippen LogP contribution in [0.5, 0.6) is 0 Å². The van der Waals surface area contributed by atoms with Crippen LogP contribution in [0.25, 0.3) is 36.5 Å². The summed E-state index contributed by atoms with van der Waals surface area (Å²) in [5.74, 6) is -2.50. The number of carboxylic acids is 2. The Kier molecular flexibility index (Phi) is 11.4. The number of aliphatic carboxylic acids is 2. The van der Waals surface area contributed by atoms with Crippen LogP contribution in [0.15, 0.2) is 120 Å². The fraction of sp³-hybridized carbons (Fsp3) is 0.0667. The lowest BCUT2D eigenvalue weighted by atomic mass is 10.0. The third-order valence-corrected chi connectivity index (χ3v) is 8.29. The quantitative estimate of drug-likeness (QED) is 0.0807. The number of aryl methyl sites for hydroxylation is 3. The van der Waals surface area contributed by atoms with Gasteiger partial charge in [0.25, 0.3) is 0 Å². The summed E-state index contributed by atoms with van der Waals surface area (Å²) < 4.78 is 0. The molecule has 0 aromatic heterocycles. The molecule has 0 spiro atoms. The predicted octanol–water partition coefficient (Wildman–Crippen LogP) is 10.4. The van der Waals surface area contributed by atoms with Gasteiger partial charge >= 0.3 is 11.9 Å². The second kappa shape index (κ2) is 16.5. The average molecular weight is 682 g/mol. The SMILES string of the molecule is Cc1cc(C)c(N(c2ccc(/C=C/c3ccc(/C=C(\C#N)C(=O)O)cc3)cc2)c2ccc(/C=C/c3ccc(/C=C(\C#N)C(=O)O)cc3)cc2)c(C)c1. The molecule has 52 heavy (non-hydrogen) atoms. The number of anilines is 3. The first-order valence-electron chi connectivity index (χ1n) is 16.4. The van der Waals surface area contributed by atoms with E-state index >= 15 is 0 Å². The molecule has 0 aliphatic heterocycles. The van der Waals surface area contributed by atoms with Gasteiger partial charge < -0.3 is 15.1 Å². The van der Waals surface area contributed by atoms with Crippen molar-refractivity contribution in [2.45, 2.75) is 20.8 Å². The Morgan fingerprint density at radius 1 is 0.519 bits per heavy atom. The number of hydrogen-bond donors (Lipinski definition) is 2. The summed E-state index contributed by atoms with van der Waals surface area (Å²) >= 11 is 0. The van der Waals surface area contributed by atoms with Crippen LogP contribution in [0.1, 0.15) is 50.1 Å². The van der Waals surface area contributed by atoms with E-state index in [0.717, 1.165) is 50.4 Å². The molecular weight excluding hydrogens is 647 g/mol. The lowest BCUT2D eigenvalue weighted by Gasteiger charge is -2.29. The predicted molar refractivity (Wildman–Crippen MR) is 209 cm³/mol. The van der Waals surface area contributed by atoms with E-state index < -0.39 is 11.9 Å². The zero-order valence-electron chi connectivity index (χ0n) is 28.9. The maximum atomic E-state index is 11.1. The van der Waals surface area contributed by atoms with E-state index in [2.05, 4.69) is 86.3 Å². The minimum Gasteiger partial charge on any atom is -0.477 e. The number of benzene rings is 5. The molecule has 0 fully saturated rings. The van der Waals surface area contributed by atoms with Crippen molar-refractivity contribution in [2.75, 3.05) is 4.90 Å². The number of carboxylic acid groups (broad SMARTS) is 2. The first kappa shape index (κ1) is 36.1. The fourth-order valence-corrected chi connectivity index (χ4v) is 5.81. The summed E-state index contributed by atoms with van der Waals surface area (Å²) in [6.07, 6.45) is 10.7. The van der Waals surface area contributed by atoms with Gasteiger partial charge in [-0.1, -0.05) is 115 Å². The third-order valence-electron chi connectivity index (χ3n) is 8.29. The third kappa shape index (κ3) is 9.06. The van der Waals surface area contributed by atoms with Crippen molar-refractivity contribution in [3.05, 3.63) is 170 Å². The normalized spacial score (nSPS) is 11.7. The minimum absolute atomic E-state index is 0.313. The molecule has 5 rings (SSSR count). The van der Waals surface area contributed by atoms with Crippen LogP contribution in [-0.4, -0.2) is 22.2 Å². The van der Waals surface area contributed by atoms with Gasteiger partial charge in [0.15, 0.2) is 0 Å². The van der Waals surface area contributed by atoms with Gasteiger partial charge in [-0.2, -0.15) is 10.5 Å². The molecule has 5 aromatic carbocycles. The molecule has 7 heteroatoms. The summed E-state index contributed by atoms with van der Waals surface area (Å²) in [5, 5.41) is 36.2.